The number of aryl methyl sites for hydroxylation is 2. The van der Waals surface area contributed by atoms with Gasteiger partial charge in [-0.2, -0.15) is 0 Å². The number of fused-ring (bicyclic) bond motifs is 1. The number of nitrogen functional groups attached to an aromatic ring is 1. The smallest absolute Gasteiger partial charge is 0.281 e. The molecule has 0 aliphatic rings. The van der Waals surface area contributed by atoms with Crippen LogP contribution in [0.25, 0.3) is 10.9 Å². The maximum atomic E-state index is 13.0. The van der Waals surface area contributed by atoms with Crippen LogP contribution >= 0.6 is 0 Å². The van der Waals surface area contributed by atoms with Gasteiger partial charge in [-0.05, 0) is 55.8 Å². The van der Waals surface area contributed by atoms with Crippen LogP contribution < -0.4 is 10.6 Å². The van der Waals surface area contributed by atoms with Gasteiger partial charge in [0.1, 0.15) is 5.69 Å². The molecule has 3 aromatic rings. The SMILES string of the molecule is CC(=O)N(C(=O)c1[nH]c2ccc(C)cc2c1C)c1ccc(N)cc1. The molecule has 0 saturated heterocycles. The van der Waals surface area contributed by atoms with Crippen LogP contribution in [0.4, 0.5) is 11.4 Å². The maximum Gasteiger partial charge on any atom is 0.281 e. The number of hydrogen-bond donors (Lipinski definition) is 2. The Morgan fingerprint density at radius 1 is 1.04 bits per heavy atom. The number of imide groups is 1. The number of carbonyl (C=O) groups is 2. The predicted molar refractivity (Wildman–Crippen MR) is 96.1 cm³/mol. The lowest BCUT2D eigenvalue weighted by Crippen LogP contribution is -2.35. The van der Waals surface area contributed by atoms with E-state index >= 15 is 0 Å². The van der Waals surface area contributed by atoms with Crippen LogP contribution in [-0.2, 0) is 4.79 Å². The number of aromatic nitrogens is 1. The van der Waals surface area contributed by atoms with Gasteiger partial charge in [0.25, 0.3) is 5.91 Å². The lowest BCUT2D eigenvalue weighted by atomic mass is 10.1. The monoisotopic (exact) mass is 321 g/mol. The molecular formula is C19H19N3O2. The Hall–Kier alpha value is -3.08. The van der Waals surface area contributed by atoms with Gasteiger partial charge in [-0.1, -0.05) is 11.6 Å². The van der Waals surface area contributed by atoms with E-state index in [1.807, 2.05) is 32.0 Å². The zero-order valence-corrected chi connectivity index (χ0v) is 13.9. The molecule has 1 heterocycles. The largest absolute Gasteiger partial charge is 0.399 e. The topological polar surface area (TPSA) is 79.2 Å². The summed E-state index contributed by atoms with van der Waals surface area (Å²) >= 11 is 0. The zero-order chi connectivity index (χ0) is 17.4. The first-order valence-electron chi connectivity index (χ1n) is 7.68. The minimum Gasteiger partial charge on any atom is -0.399 e. The maximum absolute atomic E-state index is 13.0. The van der Waals surface area contributed by atoms with E-state index in [1.54, 1.807) is 24.3 Å². The molecule has 5 nitrogen and oxygen atoms in total. The Bertz CT molecular complexity index is 939. The van der Waals surface area contributed by atoms with Crippen LogP contribution in [0.15, 0.2) is 42.5 Å². The van der Waals surface area contributed by atoms with Gasteiger partial charge < -0.3 is 10.7 Å². The summed E-state index contributed by atoms with van der Waals surface area (Å²) in [6.07, 6.45) is 0. The second-order valence-corrected chi connectivity index (χ2v) is 5.93. The number of nitrogens with zero attached hydrogens (tertiary/aromatic N) is 1. The van der Waals surface area contributed by atoms with Gasteiger partial charge >= 0.3 is 0 Å². The third-order valence-corrected chi connectivity index (χ3v) is 4.10. The molecule has 0 atom stereocenters. The van der Waals surface area contributed by atoms with Crippen LogP contribution in [0.1, 0.15) is 28.5 Å². The van der Waals surface area contributed by atoms with Gasteiger partial charge in [0, 0.05) is 23.5 Å². The molecule has 2 amide bonds. The highest BCUT2D eigenvalue weighted by Gasteiger charge is 2.25. The summed E-state index contributed by atoms with van der Waals surface area (Å²) in [5.74, 6) is -0.724. The summed E-state index contributed by atoms with van der Waals surface area (Å²) in [4.78, 5) is 29.4. The van der Waals surface area contributed by atoms with Crippen molar-refractivity contribution in [1.29, 1.82) is 0 Å². The summed E-state index contributed by atoms with van der Waals surface area (Å²) in [5.41, 5.74) is 10.0. The Kier molecular flexibility index (Phi) is 3.85. The lowest BCUT2D eigenvalue weighted by Gasteiger charge is -2.19. The molecule has 122 valence electrons. The third kappa shape index (κ3) is 2.65. The Morgan fingerprint density at radius 3 is 2.33 bits per heavy atom. The Balaban J connectivity index is 2.10. The Morgan fingerprint density at radius 2 is 1.71 bits per heavy atom. The first kappa shape index (κ1) is 15.8. The predicted octanol–water partition coefficient (Wildman–Crippen LogP) is 3.56. The highest BCUT2D eigenvalue weighted by atomic mass is 16.2. The minimum absolute atomic E-state index is 0.348. The third-order valence-electron chi connectivity index (χ3n) is 4.10. The van der Waals surface area contributed by atoms with Gasteiger partial charge in [-0.15, -0.1) is 0 Å². The number of amides is 2. The van der Waals surface area contributed by atoms with E-state index in [9.17, 15) is 9.59 Å². The molecular weight excluding hydrogens is 302 g/mol. The second kappa shape index (κ2) is 5.85. The summed E-state index contributed by atoms with van der Waals surface area (Å²) < 4.78 is 0. The van der Waals surface area contributed by atoms with Crippen molar-refractivity contribution >= 4 is 34.1 Å². The average molecular weight is 321 g/mol. The molecule has 3 N–H and O–H groups in total. The van der Waals surface area contributed by atoms with Gasteiger partial charge in [0.15, 0.2) is 0 Å². The molecule has 24 heavy (non-hydrogen) atoms. The van der Waals surface area contributed by atoms with Crippen LogP contribution in [0.5, 0.6) is 0 Å². The summed E-state index contributed by atoms with van der Waals surface area (Å²) in [7, 11) is 0. The minimum atomic E-state index is -0.376. The molecule has 5 heteroatoms. The molecule has 0 aliphatic heterocycles. The van der Waals surface area contributed by atoms with Crippen molar-refractivity contribution in [1.82, 2.24) is 4.98 Å². The normalized spacial score (nSPS) is 10.8. The zero-order valence-electron chi connectivity index (χ0n) is 13.9. The molecule has 3 rings (SSSR count). The first-order chi connectivity index (χ1) is 11.4. The van der Waals surface area contributed by atoms with E-state index in [4.69, 9.17) is 5.73 Å². The van der Waals surface area contributed by atoms with E-state index in [1.165, 1.54) is 6.92 Å². The van der Waals surface area contributed by atoms with Crippen molar-refractivity contribution in [2.75, 3.05) is 10.6 Å². The number of anilines is 2. The van der Waals surface area contributed by atoms with Crippen molar-refractivity contribution in [3.63, 3.8) is 0 Å². The number of rotatable bonds is 2. The first-order valence-corrected chi connectivity index (χ1v) is 7.68. The number of carbonyl (C=O) groups excluding carboxylic acids is 2. The van der Waals surface area contributed by atoms with Crippen LogP contribution in [0, 0.1) is 13.8 Å². The van der Waals surface area contributed by atoms with Crippen LogP contribution in [-0.4, -0.2) is 16.8 Å². The second-order valence-electron chi connectivity index (χ2n) is 5.93. The fourth-order valence-corrected chi connectivity index (χ4v) is 2.83. The molecule has 0 saturated carbocycles. The molecule has 1 aromatic heterocycles. The molecule has 0 aliphatic carbocycles. The fourth-order valence-electron chi connectivity index (χ4n) is 2.83. The van der Waals surface area contributed by atoms with Crippen molar-refractivity contribution in [3.8, 4) is 0 Å². The van der Waals surface area contributed by atoms with Crippen LogP contribution in [0.2, 0.25) is 0 Å². The number of benzene rings is 2. The van der Waals surface area contributed by atoms with Gasteiger partial charge in [0.05, 0.1) is 5.69 Å². The summed E-state index contributed by atoms with van der Waals surface area (Å²) in [5, 5.41) is 0.985. The molecule has 0 bridgehead atoms. The quantitative estimate of drug-likeness (QED) is 0.708. The number of hydrogen-bond acceptors (Lipinski definition) is 3. The summed E-state index contributed by atoms with van der Waals surface area (Å²) in [6, 6.07) is 12.6. The van der Waals surface area contributed by atoms with Gasteiger partial charge in [-0.3, -0.25) is 9.59 Å². The van der Waals surface area contributed by atoms with Crippen molar-refractivity contribution in [3.05, 3.63) is 59.3 Å². The van der Waals surface area contributed by atoms with Crippen molar-refractivity contribution < 1.29 is 9.59 Å². The fraction of sp³-hybridized carbons (Fsp3) is 0.158. The highest BCUT2D eigenvalue weighted by molar-refractivity contribution is 6.21. The molecule has 0 spiro atoms. The van der Waals surface area contributed by atoms with E-state index in [-0.39, 0.29) is 11.8 Å². The number of H-pyrrole nitrogens is 1. The van der Waals surface area contributed by atoms with Crippen molar-refractivity contribution in [2.24, 2.45) is 0 Å². The number of nitrogens with two attached hydrogens (primary N) is 1. The molecule has 0 radical (unpaired) electrons. The standard InChI is InChI=1S/C19H19N3O2/c1-11-4-9-17-16(10-11)12(2)18(21-17)19(24)22(13(3)23)15-7-5-14(20)6-8-15/h4-10,21H,20H2,1-3H3. The Labute approximate surface area is 140 Å². The molecule has 0 unspecified atom stereocenters. The van der Waals surface area contributed by atoms with Crippen molar-refractivity contribution in [2.45, 2.75) is 20.8 Å². The van der Waals surface area contributed by atoms with Gasteiger partial charge in [-0.25, -0.2) is 4.90 Å². The van der Waals surface area contributed by atoms with E-state index in [2.05, 4.69) is 4.98 Å². The van der Waals surface area contributed by atoms with E-state index < -0.39 is 0 Å². The average Bonchev–Trinajstić information content (AvgIpc) is 2.86. The van der Waals surface area contributed by atoms with Crippen LogP contribution in [0.3, 0.4) is 0 Å². The summed E-state index contributed by atoms with van der Waals surface area (Å²) in [6.45, 7) is 5.26. The lowest BCUT2D eigenvalue weighted by molar-refractivity contribution is -0.115. The van der Waals surface area contributed by atoms with E-state index in [0.717, 1.165) is 26.9 Å². The highest BCUT2D eigenvalue weighted by Crippen LogP contribution is 2.26. The number of aromatic amines is 1. The van der Waals surface area contributed by atoms with E-state index in [0.29, 0.717) is 17.1 Å². The molecule has 2 aromatic carbocycles. The number of nitrogens with one attached hydrogen (secondary N) is 1. The molecule has 0 fully saturated rings. The van der Waals surface area contributed by atoms with Gasteiger partial charge in [0.2, 0.25) is 5.91 Å².